The molecule has 0 amide bonds. The van der Waals surface area contributed by atoms with Crippen LogP contribution in [-0.4, -0.2) is 6.61 Å². The van der Waals surface area contributed by atoms with Gasteiger partial charge in [0.15, 0.2) is 6.61 Å². The maximum absolute atomic E-state index is 8.48. The summed E-state index contributed by atoms with van der Waals surface area (Å²) in [6.07, 6.45) is 0. The maximum atomic E-state index is 8.48. The third-order valence-corrected chi connectivity index (χ3v) is 3.29. The molecule has 2 rings (SSSR count). The van der Waals surface area contributed by atoms with Crippen molar-refractivity contribution in [3.05, 3.63) is 59.7 Å². The van der Waals surface area contributed by atoms with Crippen molar-refractivity contribution in [2.24, 2.45) is 0 Å². The minimum absolute atomic E-state index is 0.0827. The Bertz CT molecular complexity index is 612. The molecule has 0 spiro atoms. The third-order valence-electron chi connectivity index (χ3n) is 3.29. The summed E-state index contributed by atoms with van der Waals surface area (Å²) in [5.74, 6) is 1.22. The van der Waals surface area contributed by atoms with Gasteiger partial charge in [0.25, 0.3) is 0 Å². The lowest BCUT2D eigenvalue weighted by atomic mass is 10.0. The molecule has 0 aliphatic heterocycles. The van der Waals surface area contributed by atoms with Crippen molar-refractivity contribution in [1.29, 1.82) is 5.26 Å². The van der Waals surface area contributed by atoms with Crippen LogP contribution in [0.15, 0.2) is 48.5 Å². The fourth-order valence-electron chi connectivity index (χ4n) is 2.18. The van der Waals surface area contributed by atoms with Crippen LogP contribution in [0.1, 0.15) is 30.9 Å². The van der Waals surface area contributed by atoms with Gasteiger partial charge in [-0.25, -0.2) is 0 Å². The Labute approximate surface area is 126 Å². The van der Waals surface area contributed by atoms with Gasteiger partial charge in [-0.05, 0) is 35.2 Å². The Kier molecular flexibility index (Phi) is 5.22. The van der Waals surface area contributed by atoms with Crippen LogP contribution in [0.5, 0.6) is 5.75 Å². The van der Waals surface area contributed by atoms with Gasteiger partial charge in [0.05, 0.1) is 0 Å². The Balaban J connectivity index is 1.99. The second-order valence-corrected chi connectivity index (χ2v) is 5.19. The Morgan fingerprint density at radius 2 is 1.81 bits per heavy atom. The van der Waals surface area contributed by atoms with Gasteiger partial charge >= 0.3 is 0 Å². The van der Waals surface area contributed by atoms with Crippen LogP contribution in [0.3, 0.4) is 0 Å². The van der Waals surface area contributed by atoms with Crippen LogP contribution in [0, 0.1) is 11.3 Å². The number of para-hydroxylation sites is 1. The highest BCUT2D eigenvalue weighted by atomic mass is 16.5. The standard InChI is InChI=1S/C18H20N2O/c1-14(2)17-5-3-4-6-18(17)20-13-15-7-9-16(10-8-15)21-12-11-19/h3-10,14,20H,12-13H2,1-2H3. The lowest BCUT2D eigenvalue weighted by Crippen LogP contribution is -2.03. The molecule has 0 fully saturated rings. The molecular weight excluding hydrogens is 260 g/mol. The first-order valence-electron chi connectivity index (χ1n) is 7.12. The number of ether oxygens (including phenoxy) is 1. The minimum Gasteiger partial charge on any atom is -0.479 e. The van der Waals surface area contributed by atoms with Crippen molar-refractivity contribution in [2.45, 2.75) is 26.3 Å². The number of benzene rings is 2. The summed E-state index contributed by atoms with van der Waals surface area (Å²) >= 11 is 0. The lowest BCUT2D eigenvalue weighted by molar-refractivity contribution is 0.368. The van der Waals surface area contributed by atoms with E-state index in [4.69, 9.17) is 10.00 Å². The average molecular weight is 280 g/mol. The largest absolute Gasteiger partial charge is 0.479 e. The lowest BCUT2D eigenvalue weighted by Gasteiger charge is -2.14. The molecule has 2 aromatic carbocycles. The van der Waals surface area contributed by atoms with Gasteiger partial charge in [-0.3, -0.25) is 0 Å². The van der Waals surface area contributed by atoms with Crippen LogP contribution in [0.2, 0.25) is 0 Å². The van der Waals surface area contributed by atoms with Gasteiger partial charge in [0.1, 0.15) is 11.8 Å². The highest BCUT2D eigenvalue weighted by Crippen LogP contribution is 2.24. The van der Waals surface area contributed by atoms with E-state index < -0.39 is 0 Å². The molecule has 21 heavy (non-hydrogen) atoms. The molecule has 2 aromatic rings. The van der Waals surface area contributed by atoms with Gasteiger partial charge in [-0.2, -0.15) is 5.26 Å². The van der Waals surface area contributed by atoms with Gasteiger partial charge in [0.2, 0.25) is 0 Å². The Morgan fingerprint density at radius 3 is 2.48 bits per heavy atom. The first-order chi connectivity index (χ1) is 10.2. The summed E-state index contributed by atoms with van der Waals surface area (Å²) in [7, 11) is 0. The fraction of sp³-hybridized carbons (Fsp3) is 0.278. The predicted octanol–water partition coefficient (Wildman–Crippen LogP) is 4.32. The molecule has 0 bridgehead atoms. The van der Waals surface area contributed by atoms with Crippen molar-refractivity contribution in [2.75, 3.05) is 11.9 Å². The van der Waals surface area contributed by atoms with Gasteiger partial charge in [-0.15, -0.1) is 0 Å². The van der Waals surface area contributed by atoms with Gasteiger partial charge in [-0.1, -0.05) is 44.2 Å². The SMILES string of the molecule is CC(C)c1ccccc1NCc1ccc(OCC#N)cc1. The van der Waals surface area contributed by atoms with Crippen LogP contribution in [0.4, 0.5) is 5.69 Å². The van der Waals surface area contributed by atoms with Crippen molar-refractivity contribution in [3.8, 4) is 11.8 Å². The van der Waals surface area contributed by atoms with E-state index in [0.717, 1.165) is 12.3 Å². The normalized spacial score (nSPS) is 10.2. The predicted molar refractivity (Wildman–Crippen MR) is 85.4 cm³/mol. The molecule has 3 heteroatoms. The van der Waals surface area contributed by atoms with E-state index in [9.17, 15) is 0 Å². The van der Waals surface area contributed by atoms with E-state index in [0.29, 0.717) is 5.92 Å². The van der Waals surface area contributed by atoms with Gasteiger partial charge in [0, 0.05) is 12.2 Å². The fourth-order valence-corrected chi connectivity index (χ4v) is 2.18. The van der Waals surface area contributed by atoms with Crippen molar-refractivity contribution < 1.29 is 4.74 Å². The molecular formula is C18H20N2O. The molecule has 0 aromatic heterocycles. The highest BCUT2D eigenvalue weighted by molar-refractivity contribution is 5.52. The molecule has 0 saturated heterocycles. The number of anilines is 1. The van der Waals surface area contributed by atoms with E-state index in [1.54, 1.807) is 0 Å². The zero-order valence-corrected chi connectivity index (χ0v) is 12.5. The molecule has 0 unspecified atom stereocenters. The van der Waals surface area contributed by atoms with Crippen LogP contribution in [0.25, 0.3) is 0 Å². The molecule has 0 aliphatic carbocycles. The first-order valence-corrected chi connectivity index (χ1v) is 7.12. The minimum atomic E-state index is 0.0827. The highest BCUT2D eigenvalue weighted by Gasteiger charge is 2.05. The van der Waals surface area contributed by atoms with Crippen molar-refractivity contribution >= 4 is 5.69 Å². The number of nitriles is 1. The van der Waals surface area contributed by atoms with Crippen LogP contribution >= 0.6 is 0 Å². The van der Waals surface area contributed by atoms with Crippen LogP contribution in [-0.2, 0) is 6.54 Å². The summed E-state index contributed by atoms with van der Waals surface area (Å²) < 4.78 is 5.24. The van der Waals surface area contributed by atoms with Crippen molar-refractivity contribution in [1.82, 2.24) is 0 Å². The quantitative estimate of drug-likeness (QED) is 0.856. The molecule has 0 saturated carbocycles. The molecule has 0 atom stereocenters. The van der Waals surface area contributed by atoms with E-state index >= 15 is 0 Å². The topological polar surface area (TPSA) is 45.0 Å². The smallest absolute Gasteiger partial charge is 0.174 e. The number of nitrogens with zero attached hydrogens (tertiary/aromatic N) is 1. The summed E-state index contributed by atoms with van der Waals surface area (Å²) in [5.41, 5.74) is 3.68. The second-order valence-electron chi connectivity index (χ2n) is 5.19. The summed E-state index contributed by atoms with van der Waals surface area (Å²) in [4.78, 5) is 0. The zero-order valence-electron chi connectivity index (χ0n) is 12.5. The maximum Gasteiger partial charge on any atom is 0.174 e. The number of nitrogens with one attached hydrogen (secondary N) is 1. The summed E-state index contributed by atoms with van der Waals surface area (Å²) in [6, 6.07) is 18.2. The average Bonchev–Trinajstić information content (AvgIpc) is 2.52. The molecule has 108 valence electrons. The molecule has 3 nitrogen and oxygen atoms in total. The third kappa shape index (κ3) is 4.25. The number of hydrogen-bond acceptors (Lipinski definition) is 3. The summed E-state index contributed by atoms with van der Waals surface area (Å²) in [6.45, 7) is 5.24. The second kappa shape index (κ2) is 7.35. The zero-order chi connectivity index (χ0) is 15.1. The first kappa shape index (κ1) is 14.9. The molecule has 0 aliphatic rings. The van der Waals surface area contributed by atoms with E-state index in [1.165, 1.54) is 16.8 Å². The molecule has 1 N–H and O–H groups in total. The monoisotopic (exact) mass is 280 g/mol. The van der Waals surface area contributed by atoms with Crippen LogP contribution < -0.4 is 10.1 Å². The van der Waals surface area contributed by atoms with E-state index in [2.05, 4.69) is 37.4 Å². The van der Waals surface area contributed by atoms with E-state index in [1.807, 2.05) is 36.4 Å². The molecule has 0 heterocycles. The van der Waals surface area contributed by atoms with E-state index in [-0.39, 0.29) is 6.61 Å². The van der Waals surface area contributed by atoms with Gasteiger partial charge < -0.3 is 10.1 Å². The number of rotatable bonds is 6. The molecule has 0 radical (unpaired) electrons. The van der Waals surface area contributed by atoms with Crippen molar-refractivity contribution in [3.63, 3.8) is 0 Å². The number of hydrogen-bond donors (Lipinski definition) is 1. The summed E-state index contributed by atoms with van der Waals surface area (Å²) in [5, 5.41) is 12.0. The Morgan fingerprint density at radius 1 is 1.10 bits per heavy atom. The Hall–Kier alpha value is -2.47.